The number of sulfonamides is 1. The minimum absolute atomic E-state index is 0.0247. The molecule has 10 heteroatoms. The highest BCUT2D eigenvalue weighted by molar-refractivity contribution is 7.89. The van der Waals surface area contributed by atoms with Crippen LogP contribution >= 0.6 is 0 Å². The van der Waals surface area contributed by atoms with Crippen molar-refractivity contribution in [3.05, 3.63) is 60.5 Å². The maximum atomic E-state index is 13.0. The fourth-order valence-electron chi connectivity index (χ4n) is 3.26. The smallest absolute Gasteiger partial charge is 0.244 e. The molecular formula is C18H18FN5O3S. The van der Waals surface area contributed by atoms with Crippen LogP contribution in [-0.4, -0.2) is 48.1 Å². The van der Waals surface area contributed by atoms with Gasteiger partial charge in [-0.25, -0.2) is 17.5 Å². The normalized spacial score (nSPS) is 20.5. The summed E-state index contributed by atoms with van der Waals surface area (Å²) in [7, 11) is -1.88. The van der Waals surface area contributed by atoms with Gasteiger partial charge in [0.25, 0.3) is 0 Å². The van der Waals surface area contributed by atoms with Gasteiger partial charge >= 0.3 is 0 Å². The molecule has 28 heavy (non-hydrogen) atoms. The number of likely N-dealkylation sites (N-methyl/N-ethyl adjacent to an activating group) is 1. The fourth-order valence-corrected chi connectivity index (χ4v) is 4.50. The molecule has 1 N–H and O–H groups in total. The highest BCUT2D eigenvalue weighted by atomic mass is 32.2. The summed E-state index contributed by atoms with van der Waals surface area (Å²) in [5, 5.41) is 3.99. The van der Waals surface area contributed by atoms with E-state index in [2.05, 4.69) is 19.8 Å². The predicted octanol–water partition coefficient (Wildman–Crippen LogP) is 1.99. The van der Waals surface area contributed by atoms with Crippen LogP contribution in [0.15, 0.2) is 58.2 Å². The lowest BCUT2D eigenvalue weighted by atomic mass is 10.2. The molecule has 4 rings (SSSR count). The highest BCUT2D eigenvalue weighted by Crippen LogP contribution is 2.31. The van der Waals surface area contributed by atoms with Gasteiger partial charge in [-0.1, -0.05) is 5.16 Å². The first-order valence-corrected chi connectivity index (χ1v) is 10.1. The van der Waals surface area contributed by atoms with Gasteiger partial charge in [-0.05, 0) is 49.9 Å². The summed E-state index contributed by atoms with van der Waals surface area (Å²) < 4.78 is 46.2. The van der Waals surface area contributed by atoms with E-state index < -0.39 is 15.8 Å². The number of likely N-dealkylation sites (tertiary alicyclic amines) is 1. The average molecular weight is 403 g/mol. The molecule has 8 nitrogen and oxygen atoms in total. The van der Waals surface area contributed by atoms with E-state index in [1.54, 1.807) is 18.5 Å². The van der Waals surface area contributed by atoms with Crippen molar-refractivity contribution < 1.29 is 17.3 Å². The quantitative estimate of drug-likeness (QED) is 0.695. The number of nitrogens with one attached hydrogen (secondary N) is 1. The Hall–Kier alpha value is -2.69. The minimum atomic E-state index is -3.75. The Morgan fingerprint density at radius 1 is 1.25 bits per heavy atom. The lowest BCUT2D eigenvalue weighted by Crippen LogP contribution is -2.36. The molecule has 3 heterocycles. The van der Waals surface area contributed by atoms with Crippen molar-refractivity contribution in [2.45, 2.75) is 23.4 Å². The van der Waals surface area contributed by atoms with Crippen LogP contribution in [0.4, 0.5) is 4.39 Å². The summed E-state index contributed by atoms with van der Waals surface area (Å²) in [6.45, 7) is 0.482. The average Bonchev–Trinajstić information content (AvgIpc) is 3.29. The third-order valence-electron chi connectivity index (χ3n) is 4.64. The van der Waals surface area contributed by atoms with Crippen molar-refractivity contribution in [2.75, 3.05) is 13.6 Å². The van der Waals surface area contributed by atoms with E-state index in [4.69, 9.17) is 4.52 Å². The van der Waals surface area contributed by atoms with Crippen LogP contribution in [0.5, 0.6) is 0 Å². The number of aromatic nitrogens is 3. The van der Waals surface area contributed by atoms with E-state index in [0.29, 0.717) is 24.7 Å². The van der Waals surface area contributed by atoms with E-state index in [0.717, 1.165) is 17.7 Å². The second-order valence-electron chi connectivity index (χ2n) is 6.66. The zero-order valence-electron chi connectivity index (χ0n) is 15.0. The van der Waals surface area contributed by atoms with Gasteiger partial charge < -0.3 is 4.52 Å². The van der Waals surface area contributed by atoms with Gasteiger partial charge in [-0.3, -0.25) is 9.88 Å². The van der Waals surface area contributed by atoms with Crippen LogP contribution in [0.3, 0.4) is 0 Å². The van der Waals surface area contributed by atoms with Crippen LogP contribution in [0.2, 0.25) is 0 Å². The van der Waals surface area contributed by atoms with E-state index >= 15 is 0 Å². The van der Waals surface area contributed by atoms with Gasteiger partial charge in [0.05, 0.1) is 10.9 Å². The first-order chi connectivity index (χ1) is 13.4. The summed E-state index contributed by atoms with van der Waals surface area (Å²) in [6, 6.07) is 7.80. The Kier molecular flexibility index (Phi) is 4.92. The van der Waals surface area contributed by atoms with Crippen LogP contribution in [-0.2, 0) is 10.0 Å². The van der Waals surface area contributed by atoms with Crippen molar-refractivity contribution in [1.82, 2.24) is 24.7 Å². The summed E-state index contributed by atoms with van der Waals surface area (Å²) >= 11 is 0. The monoisotopic (exact) mass is 403 g/mol. The Bertz CT molecular complexity index is 1060. The van der Waals surface area contributed by atoms with Crippen LogP contribution in [0.25, 0.3) is 11.4 Å². The standard InChI is InChI=1S/C18H18FN5O3S/c1-24-11-14(23-28(25,26)15-6-4-13(19)5-7-15)9-16(24)18-21-17(22-27-18)12-3-2-8-20-10-12/h2-8,10,14,16,23H,9,11H2,1H3/t14-,16-/m0/s1. The maximum absolute atomic E-state index is 13.0. The molecule has 0 unspecified atom stereocenters. The van der Waals surface area contributed by atoms with Crippen LogP contribution < -0.4 is 4.72 Å². The SMILES string of the molecule is CN1C[C@@H](NS(=O)(=O)c2ccc(F)cc2)C[C@H]1c1nc(-c2cccnc2)no1. The molecule has 0 bridgehead atoms. The van der Waals surface area contributed by atoms with Gasteiger partial charge in [0, 0.05) is 30.5 Å². The first-order valence-electron chi connectivity index (χ1n) is 8.64. The molecule has 1 aliphatic rings. The lowest BCUT2D eigenvalue weighted by molar-refractivity contribution is 0.244. The van der Waals surface area contributed by atoms with Gasteiger partial charge in [0.15, 0.2) is 0 Å². The predicted molar refractivity (Wildman–Crippen MR) is 98.0 cm³/mol. The van der Waals surface area contributed by atoms with Crippen molar-refractivity contribution >= 4 is 10.0 Å². The number of hydrogen-bond acceptors (Lipinski definition) is 7. The van der Waals surface area contributed by atoms with Crippen molar-refractivity contribution in [3.8, 4) is 11.4 Å². The molecule has 2 atom stereocenters. The number of benzene rings is 1. The van der Waals surface area contributed by atoms with Gasteiger partial charge in [-0.2, -0.15) is 4.98 Å². The number of pyridine rings is 1. The largest absolute Gasteiger partial charge is 0.337 e. The van der Waals surface area contributed by atoms with E-state index in [-0.39, 0.29) is 17.0 Å². The zero-order chi connectivity index (χ0) is 19.7. The summed E-state index contributed by atoms with van der Waals surface area (Å²) in [5.74, 6) is 0.372. The van der Waals surface area contributed by atoms with E-state index in [1.165, 1.54) is 12.1 Å². The summed E-state index contributed by atoms with van der Waals surface area (Å²) in [6.07, 6.45) is 3.78. The molecule has 0 radical (unpaired) electrons. The van der Waals surface area contributed by atoms with E-state index in [9.17, 15) is 12.8 Å². The number of nitrogens with zero attached hydrogens (tertiary/aromatic N) is 4. The second-order valence-corrected chi connectivity index (χ2v) is 8.38. The molecule has 1 aliphatic heterocycles. The minimum Gasteiger partial charge on any atom is -0.337 e. The zero-order valence-corrected chi connectivity index (χ0v) is 15.8. The molecule has 1 aromatic carbocycles. The Labute approximate surface area is 161 Å². The van der Waals surface area contributed by atoms with Crippen molar-refractivity contribution in [3.63, 3.8) is 0 Å². The highest BCUT2D eigenvalue weighted by Gasteiger charge is 2.36. The van der Waals surface area contributed by atoms with Gasteiger partial charge in [0.1, 0.15) is 5.82 Å². The molecule has 0 saturated carbocycles. The Balaban J connectivity index is 1.48. The van der Waals surface area contributed by atoms with Gasteiger partial charge in [0.2, 0.25) is 21.7 Å². The van der Waals surface area contributed by atoms with Crippen LogP contribution in [0, 0.1) is 5.82 Å². The molecule has 0 spiro atoms. The van der Waals surface area contributed by atoms with Gasteiger partial charge in [-0.15, -0.1) is 0 Å². The molecule has 146 valence electrons. The topological polar surface area (TPSA) is 101 Å². The summed E-state index contributed by atoms with van der Waals surface area (Å²) in [5.41, 5.74) is 0.742. The molecule has 1 saturated heterocycles. The van der Waals surface area contributed by atoms with Crippen LogP contribution in [0.1, 0.15) is 18.4 Å². The first kappa shape index (κ1) is 18.7. The molecule has 1 fully saturated rings. The van der Waals surface area contributed by atoms with Crippen molar-refractivity contribution in [1.29, 1.82) is 0 Å². The number of halogens is 1. The lowest BCUT2D eigenvalue weighted by Gasteiger charge is -2.14. The Morgan fingerprint density at radius 2 is 2.04 bits per heavy atom. The fraction of sp³-hybridized carbons (Fsp3) is 0.278. The molecule has 0 aliphatic carbocycles. The van der Waals surface area contributed by atoms with Crippen molar-refractivity contribution in [2.24, 2.45) is 0 Å². The number of rotatable bonds is 5. The molecule has 0 amide bonds. The maximum Gasteiger partial charge on any atom is 0.244 e. The number of hydrogen-bond donors (Lipinski definition) is 1. The second kappa shape index (κ2) is 7.38. The molecule has 3 aromatic rings. The third-order valence-corrected chi connectivity index (χ3v) is 6.18. The molecule has 2 aromatic heterocycles. The van der Waals surface area contributed by atoms with E-state index in [1.807, 2.05) is 18.0 Å². The molecular weight excluding hydrogens is 385 g/mol. The third kappa shape index (κ3) is 3.79. The summed E-state index contributed by atoms with van der Waals surface area (Å²) in [4.78, 5) is 10.5. The Morgan fingerprint density at radius 3 is 2.75 bits per heavy atom.